The zero-order valence-corrected chi connectivity index (χ0v) is 10.6. The number of nitrogens with zero attached hydrogens (tertiary/aromatic N) is 2. The zero-order valence-electron chi connectivity index (χ0n) is 10.6. The maximum absolute atomic E-state index is 12.1. The van der Waals surface area contributed by atoms with Gasteiger partial charge in [-0.25, -0.2) is 9.59 Å². The van der Waals surface area contributed by atoms with Gasteiger partial charge >= 0.3 is 12.0 Å². The normalized spacial score (nSPS) is 23.6. The fourth-order valence-electron chi connectivity index (χ4n) is 2.30. The van der Waals surface area contributed by atoms with Gasteiger partial charge in [0.25, 0.3) is 0 Å². The van der Waals surface area contributed by atoms with Gasteiger partial charge in [0, 0.05) is 13.6 Å². The lowest BCUT2D eigenvalue weighted by atomic mass is 9.91. The number of primary amides is 1. The molecule has 0 bridgehead atoms. The summed E-state index contributed by atoms with van der Waals surface area (Å²) in [5, 5.41) is 9.19. The van der Waals surface area contributed by atoms with E-state index in [1.54, 1.807) is 0 Å². The SMILES string of the molecule is CC1CCCN(C(=O)N(C)CC(N)=O)C1C(=O)O. The Morgan fingerprint density at radius 2 is 2.06 bits per heavy atom. The average molecular weight is 257 g/mol. The third-order valence-corrected chi connectivity index (χ3v) is 3.15. The Kier molecular flexibility index (Phi) is 4.52. The number of carboxylic acids is 1. The number of likely N-dealkylation sites (N-methyl/N-ethyl adjacent to an activating group) is 1. The molecule has 18 heavy (non-hydrogen) atoms. The van der Waals surface area contributed by atoms with Crippen LogP contribution < -0.4 is 5.73 Å². The maximum atomic E-state index is 12.1. The molecule has 0 aromatic carbocycles. The molecule has 3 amide bonds. The van der Waals surface area contributed by atoms with Crippen molar-refractivity contribution in [2.45, 2.75) is 25.8 Å². The molecule has 0 saturated carbocycles. The van der Waals surface area contributed by atoms with E-state index < -0.39 is 23.9 Å². The summed E-state index contributed by atoms with van der Waals surface area (Å²) in [5.74, 6) is -1.73. The van der Waals surface area contributed by atoms with Crippen molar-refractivity contribution in [1.82, 2.24) is 9.80 Å². The van der Waals surface area contributed by atoms with E-state index >= 15 is 0 Å². The number of aliphatic carboxylic acids is 1. The highest BCUT2D eigenvalue weighted by molar-refractivity contribution is 5.86. The van der Waals surface area contributed by atoms with Crippen molar-refractivity contribution >= 4 is 17.9 Å². The first kappa shape index (κ1) is 14.3. The van der Waals surface area contributed by atoms with Crippen LogP contribution in [0.3, 0.4) is 0 Å². The van der Waals surface area contributed by atoms with Gasteiger partial charge in [-0.1, -0.05) is 6.92 Å². The van der Waals surface area contributed by atoms with E-state index in [-0.39, 0.29) is 12.5 Å². The Bertz CT molecular complexity index is 358. The Balaban J connectivity index is 2.81. The number of hydrogen-bond acceptors (Lipinski definition) is 3. The van der Waals surface area contributed by atoms with Gasteiger partial charge in [0.15, 0.2) is 0 Å². The Morgan fingerprint density at radius 1 is 1.44 bits per heavy atom. The third kappa shape index (κ3) is 3.12. The van der Waals surface area contributed by atoms with Crippen LogP contribution in [0.25, 0.3) is 0 Å². The first-order valence-electron chi connectivity index (χ1n) is 5.87. The second kappa shape index (κ2) is 5.70. The van der Waals surface area contributed by atoms with Gasteiger partial charge in [-0.15, -0.1) is 0 Å². The number of carbonyl (C=O) groups excluding carboxylic acids is 2. The summed E-state index contributed by atoms with van der Waals surface area (Å²) >= 11 is 0. The van der Waals surface area contributed by atoms with Crippen molar-refractivity contribution in [1.29, 1.82) is 0 Å². The summed E-state index contributed by atoms with van der Waals surface area (Å²) < 4.78 is 0. The smallest absolute Gasteiger partial charge is 0.326 e. The van der Waals surface area contributed by atoms with E-state index in [4.69, 9.17) is 5.73 Å². The summed E-state index contributed by atoms with van der Waals surface area (Å²) in [7, 11) is 1.44. The molecule has 2 unspecified atom stereocenters. The summed E-state index contributed by atoms with van der Waals surface area (Å²) in [4.78, 5) is 36.5. The standard InChI is InChI=1S/C11H19N3O4/c1-7-4-3-5-14(9(7)10(16)17)11(18)13(2)6-8(12)15/h7,9H,3-6H2,1-2H3,(H2,12,15)(H,16,17). The number of likely N-dealkylation sites (tertiary alicyclic amines) is 1. The van der Waals surface area contributed by atoms with E-state index in [0.29, 0.717) is 6.54 Å². The Labute approximate surface area is 106 Å². The zero-order chi connectivity index (χ0) is 13.9. The molecule has 102 valence electrons. The summed E-state index contributed by atoms with van der Waals surface area (Å²) in [6.45, 7) is 1.99. The number of urea groups is 1. The summed E-state index contributed by atoms with van der Waals surface area (Å²) in [6.07, 6.45) is 1.54. The molecule has 1 aliphatic rings. The van der Waals surface area contributed by atoms with Crippen LogP contribution in [-0.4, -0.2) is 59.0 Å². The topological polar surface area (TPSA) is 104 Å². The van der Waals surface area contributed by atoms with Crippen LogP contribution >= 0.6 is 0 Å². The molecule has 1 rings (SSSR count). The van der Waals surface area contributed by atoms with Crippen LogP contribution in [0.15, 0.2) is 0 Å². The first-order valence-corrected chi connectivity index (χ1v) is 5.87. The highest BCUT2D eigenvalue weighted by atomic mass is 16.4. The third-order valence-electron chi connectivity index (χ3n) is 3.15. The number of nitrogens with two attached hydrogens (primary N) is 1. The van der Waals surface area contributed by atoms with Crippen molar-refractivity contribution in [2.75, 3.05) is 20.1 Å². The molecule has 2 atom stereocenters. The van der Waals surface area contributed by atoms with E-state index in [9.17, 15) is 19.5 Å². The van der Waals surface area contributed by atoms with Gasteiger partial charge in [-0.3, -0.25) is 4.79 Å². The minimum absolute atomic E-state index is 0.0952. The molecule has 0 spiro atoms. The van der Waals surface area contributed by atoms with Crippen LogP contribution in [-0.2, 0) is 9.59 Å². The van der Waals surface area contributed by atoms with Gasteiger partial charge in [-0.2, -0.15) is 0 Å². The molecule has 1 heterocycles. The van der Waals surface area contributed by atoms with Crippen molar-refractivity contribution in [2.24, 2.45) is 11.7 Å². The Hall–Kier alpha value is -1.79. The maximum Gasteiger partial charge on any atom is 0.326 e. The lowest BCUT2D eigenvalue weighted by Gasteiger charge is -2.38. The highest BCUT2D eigenvalue weighted by Crippen LogP contribution is 2.24. The van der Waals surface area contributed by atoms with Crippen molar-refractivity contribution in [3.05, 3.63) is 0 Å². The minimum Gasteiger partial charge on any atom is -0.480 e. The monoisotopic (exact) mass is 257 g/mol. The predicted molar refractivity (Wildman–Crippen MR) is 63.7 cm³/mol. The van der Waals surface area contributed by atoms with Crippen LogP contribution in [0.5, 0.6) is 0 Å². The van der Waals surface area contributed by atoms with Gasteiger partial charge < -0.3 is 20.6 Å². The molecule has 0 radical (unpaired) electrons. The van der Waals surface area contributed by atoms with E-state index in [2.05, 4.69) is 0 Å². The number of amides is 3. The van der Waals surface area contributed by atoms with Crippen molar-refractivity contribution in [3.63, 3.8) is 0 Å². The molecule has 0 aromatic heterocycles. The fraction of sp³-hybridized carbons (Fsp3) is 0.727. The number of carboxylic acid groups (broad SMARTS) is 1. The predicted octanol–water partition coefficient (Wildman–Crippen LogP) is -0.291. The lowest BCUT2D eigenvalue weighted by Crippen LogP contribution is -2.56. The molecule has 1 fully saturated rings. The van der Waals surface area contributed by atoms with Crippen molar-refractivity contribution < 1.29 is 19.5 Å². The Morgan fingerprint density at radius 3 is 2.56 bits per heavy atom. The van der Waals surface area contributed by atoms with Crippen LogP contribution in [0.4, 0.5) is 4.79 Å². The second-order valence-corrected chi connectivity index (χ2v) is 4.70. The summed E-state index contributed by atoms with van der Waals surface area (Å²) in [5.41, 5.74) is 5.01. The summed E-state index contributed by atoms with van der Waals surface area (Å²) in [6, 6.07) is -1.30. The molecule has 0 aromatic rings. The van der Waals surface area contributed by atoms with E-state index in [0.717, 1.165) is 17.7 Å². The molecule has 7 nitrogen and oxygen atoms in total. The van der Waals surface area contributed by atoms with Crippen LogP contribution in [0, 0.1) is 5.92 Å². The molecule has 1 aliphatic heterocycles. The van der Waals surface area contributed by atoms with Gasteiger partial charge in [0.2, 0.25) is 5.91 Å². The number of carbonyl (C=O) groups is 3. The molecule has 0 aliphatic carbocycles. The molecule has 1 saturated heterocycles. The van der Waals surface area contributed by atoms with Crippen molar-refractivity contribution in [3.8, 4) is 0 Å². The quantitative estimate of drug-likeness (QED) is 0.724. The fourth-order valence-corrected chi connectivity index (χ4v) is 2.30. The van der Waals surface area contributed by atoms with Crippen LogP contribution in [0.1, 0.15) is 19.8 Å². The molecular weight excluding hydrogens is 238 g/mol. The largest absolute Gasteiger partial charge is 0.480 e. The number of hydrogen-bond donors (Lipinski definition) is 2. The average Bonchev–Trinajstić information content (AvgIpc) is 2.26. The van der Waals surface area contributed by atoms with Crippen LogP contribution in [0.2, 0.25) is 0 Å². The van der Waals surface area contributed by atoms with E-state index in [1.165, 1.54) is 11.9 Å². The number of rotatable bonds is 3. The number of piperidine rings is 1. The first-order chi connectivity index (χ1) is 8.34. The molecular formula is C11H19N3O4. The highest BCUT2D eigenvalue weighted by Gasteiger charge is 2.38. The van der Waals surface area contributed by atoms with Gasteiger partial charge in [0.05, 0.1) is 0 Å². The molecule has 3 N–H and O–H groups in total. The van der Waals surface area contributed by atoms with Gasteiger partial charge in [-0.05, 0) is 18.8 Å². The second-order valence-electron chi connectivity index (χ2n) is 4.70. The van der Waals surface area contributed by atoms with E-state index in [1.807, 2.05) is 6.92 Å². The lowest BCUT2D eigenvalue weighted by molar-refractivity contribution is -0.145. The van der Waals surface area contributed by atoms with Gasteiger partial charge in [0.1, 0.15) is 12.6 Å². The molecule has 7 heteroatoms. The minimum atomic E-state index is -1.01.